The van der Waals surface area contributed by atoms with Crippen LogP contribution in [0, 0.1) is 5.41 Å². The summed E-state index contributed by atoms with van der Waals surface area (Å²) in [4.78, 5) is 0. The molecule has 5 heteroatoms. The fraction of sp³-hybridized carbons (Fsp3) is 1.00. The second-order valence-corrected chi connectivity index (χ2v) is 8.79. The van der Waals surface area contributed by atoms with Crippen molar-refractivity contribution in [2.75, 3.05) is 12.8 Å². The topological polar surface area (TPSA) is 37.4 Å². The minimum Gasteiger partial charge on any atom is -0.212 e. The van der Waals surface area contributed by atoms with E-state index in [9.17, 15) is 8.42 Å². The maximum Gasteiger partial charge on any atom is 0.214 e. The quantitative estimate of drug-likeness (QED) is 0.746. The van der Waals surface area contributed by atoms with E-state index in [-0.39, 0.29) is 22.6 Å². The predicted molar refractivity (Wildman–Crippen MR) is 72.9 cm³/mol. The van der Waals surface area contributed by atoms with Crippen molar-refractivity contribution in [3.63, 3.8) is 0 Å². The second kappa shape index (κ2) is 5.45. The normalized spacial score (nSPS) is 27.4. The molecular weight excluding hydrogens is 258 g/mol. The van der Waals surface area contributed by atoms with Crippen molar-refractivity contribution in [2.24, 2.45) is 5.41 Å². The summed E-state index contributed by atoms with van der Waals surface area (Å²) in [5.41, 5.74) is -0.219. The number of hydrogen-bond donors (Lipinski definition) is 0. The molecule has 1 rings (SSSR count). The van der Waals surface area contributed by atoms with E-state index in [1.807, 2.05) is 20.8 Å². The molecule has 1 aliphatic rings. The first-order chi connectivity index (χ1) is 7.63. The van der Waals surface area contributed by atoms with Gasteiger partial charge in [0.2, 0.25) is 10.0 Å². The first-order valence-corrected chi connectivity index (χ1v) is 8.28. The van der Waals surface area contributed by atoms with Crippen molar-refractivity contribution in [2.45, 2.75) is 57.9 Å². The van der Waals surface area contributed by atoms with E-state index in [4.69, 9.17) is 11.6 Å². The molecule has 2 atom stereocenters. The number of hydrogen-bond acceptors (Lipinski definition) is 2. The summed E-state index contributed by atoms with van der Waals surface area (Å²) in [6, 6.07) is -0.0298. The average Bonchev–Trinajstić information content (AvgIpc) is 2.13. The van der Waals surface area contributed by atoms with Crippen molar-refractivity contribution in [3.8, 4) is 0 Å². The molecule has 2 unspecified atom stereocenters. The number of alkyl halides is 1. The Labute approximate surface area is 111 Å². The Morgan fingerprint density at radius 1 is 1.24 bits per heavy atom. The van der Waals surface area contributed by atoms with Gasteiger partial charge in [-0.05, 0) is 18.3 Å². The van der Waals surface area contributed by atoms with E-state index in [1.165, 1.54) is 4.31 Å². The van der Waals surface area contributed by atoms with Crippen LogP contribution in [0.2, 0.25) is 0 Å². The smallest absolute Gasteiger partial charge is 0.212 e. The van der Waals surface area contributed by atoms with Gasteiger partial charge in [0, 0.05) is 13.1 Å². The van der Waals surface area contributed by atoms with Crippen LogP contribution in [0.1, 0.15) is 46.5 Å². The molecule has 1 fully saturated rings. The van der Waals surface area contributed by atoms with Crippen molar-refractivity contribution < 1.29 is 8.42 Å². The average molecular weight is 282 g/mol. The molecule has 0 amide bonds. The van der Waals surface area contributed by atoms with Gasteiger partial charge in [0.25, 0.3) is 0 Å². The van der Waals surface area contributed by atoms with Crippen molar-refractivity contribution in [3.05, 3.63) is 0 Å². The van der Waals surface area contributed by atoms with Crippen LogP contribution in [0.25, 0.3) is 0 Å². The molecule has 17 heavy (non-hydrogen) atoms. The van der Waals surface area contributed by atoms with Crippen molar-refractivity contribution >= 4 is 21.6 Å². The Kier molecular flexibility index (Phi) is 4.89. The van der Waals surface area contributed by atoms with Gasteiger partial charge >= 0.3 is 0 Å². The first kappa shape index (κ1) is 15.3. The van der Waals surface area contributed by atoms with Gasteiger partial charge in [0.05, 0.1) is 11.1 Å². The van der Waals surface area contributed by atoms with Crippen molar-refractivity contribution in [1.29, 1.82) is 0 Å². The summed E-state index contributed by atoms with van der Waals surface area (Å²) in [6.45, 7) is 5.83. The van der Waals surface area contributed by atoms with Gasteiger partial charge < -0.3 is 0 Å². The molecule has 0 N–H and O–H groups in total. The lowest BCUT2D eigenvalue weighted by Crippen LogP contribution is -2.46. The zero-order chi connectivity index (χ0) is 13.3. The van der Waals surface area contributed by atoms with Gasteiger partial charge in [-0.1, -0.05) is 33.6 Å². The summed E-state index contributed by atoms with van der Waals surface area (Å²) < 4.78 is 26.0. The third-order valence-corrected chi connectivity index (χ3v) is 6.06. The Hall–Kier alpha value is 0.200. The van der Waals surface area contributed by atoms with E-state index in [0.717, 1.165) is 25.7 Å². The van der Waals surface area contributed by atoms with E-state index in [2.05, 4.69) is 0 Å². The van der Waals surface area contributed by atoms with Crippen LogP contribution >= 0.6 is 11.6 Å². The highest BCUT2D eigenvalue weighted by Gasteiger charge is 2.35. The minimum atomic E-state index is -3.20. The van der Waals surface area contributed by atoms with Gasteiger partial charge in [-0.15, -0.1) is 11.6 Å². The van der Waals surface area contributed by atoms with Gasteiger partial charge in [0.1, 0.15) is 0 Å². The van der Waals surface area contributed by atoms with Crippen molar-refractivity contribution in [1.82, 2.24) is 4.31 Å². The summed E-state index contributed by atoms with van der Waals surface area (Å²) in [5.74, 6) is 0.177. The fourth-order valence-corrected chi connectivity index (χ4v) is 4.81. The maximum atomic E-state index is 12.3. The highest BCUT2D eigenvalue weighted by molar-refractivity contribution is 7.89. The minimum absolute atomic E-state index is 0.0298. The molecule has 0 aliphatic heterocycles. The number of nitrogens with zero attached hydrogens (tertiary/aromatic N) is 1. The van der Waals surface area contributed by atoms with E-state index in [0.29, 0.717) is 0 Å². The van der Waals surface area contributed by atoms with Crippen LogP contribution in [-0.2, 0) is 10.0 Å². The standard InChI is InChI=1S/C12H24ClNO2S/c1-12(2,3)9-17(15,16)14(4)11-8-6-5-7-10(11)13/h10-11H,5-9H2,1-4H3. The van der Waals surface area contributed by atoms with Gasteiger partial charge in [0.15, 0.2) is 0 Å². The molecule has 102 valence electrons. The zero-order valence-electron chi connectivity index (χ0n) is 11.2. The molecule has 0 saturated heterocycles. The van der Waals surface area contributed by atoms with E-state index < -0.39 is 10.0 Å². The van der Waals surface area contributed by atoms with Crippen LogP contribution in [-0.4, -0.2) is 36.9 Å². The lowest BCUT2D eigenvalue weighted by Gasteiger charge is -2.35. The zero-order valence-corrected chi connectivity index (χ0v) is 12.8. The molecule has 1 aliphatic carbocycles. The van der Waals surface area contributed by atoms with Gasteiger partial charge in [-0.25, -0.2) is 12.7 Å². The Balaban J connectivity index is 2.77. The van der Waals surface area contributed by atoms with Gasteiger partial charge in [-0.3, -0.25) is 0 Å². The molecule has 0 bridgehead atoms. The number of rotatable bonds is 3. The molecule has 0 spiro atoms. The molecule has 0 radical (unpaired) electrons. The number of halogens is 1. The SMILES string of the molecule is CN(C1CCCCC1Cl)S(=O)(=O)CC(C)(C)C. The molecule has 3 nitrogen and oxygen atoms in total. The largest absolute Gasteiger partial charge is 0.214 e. The Morgan fingerprint density at radius 2 is 1.76 bits per heavy atom. The highest BCUT2D eigenvalue weighted by atomic mass is 35.5. The second-order valence-electron chi connectivity index (χ2n) is 6.20. The van der Waals surface area contributed by atoms with Crippen LogP contribution < -0.4 is 0 Å². The molecular formula is C12H24ClNO2S. The lowest BCUT2D eigenvalue weighted by molar-refractivity contribution is 0.286. The summed E-state index contributed by atoms with van der Waals surface area (Å²) in [5, 5.41) is -0.0384. The molecule has 0 aromatic rings. The molecule has 0 heterocycles. The summed E-state index contributed by atoms with van der Waals surface area (Å²) >= 11 is 6.25. The lowest BCUT2D eigenvalue weighted by atomic mass is 9.95. The third kappa shape index (κ3) is 4.42. The third-order valence-electron chi connectivity index (χ3n) is 3.17. The maximum absolute atomic E-state index is 12.3. The van der Waals surface area contributed by atoms with E-state index in [1.54, 1.807) is 7.05 Å². The molecule has 0 aromatic heterocycles. The van der Waals surface area contributed by atoms with Crippen LogP contribution in [0.5, 0.6) is 0 Å². The van der Waals surface area contributed by atoms with Crippen LogP contribution in [0.4, 0.5) is 0 Å². The highest BCUT2D eigenvalue weighted by Crippen LogP contribution is 2.29. The van der Waals surface area contributed by atoms with E-state index >= 15 is 0 Å². The molecule has 0 aromatic carbocycles. The molecule has 1 saturated carbocycles. The van der Waals surface area contributed by atoms with Crippen LogP contribution in [0.3, 0.4) is 0 Å². The Morgan fingerprint density at radius 3 is 2.24 bits per heavy atom. The monoisotopic (exact) mass is 281 g/mol. The predicted octanol–water partition coefficient (Wildman–Crippen LogP) is 2.84. The summed E-state index contributed by atoms with van der Waals surface area (Å²) in [7, 11) is -1.53. The first-order valence-electron chi connectivity index (χ1n) is 6.23. The van der Waals surface area contributed by atoms with Crippen LogP contribution in [0.15, 0.2) is 0 Å². The number of sulfonamides is 1. The Bertz CT molecular complexity index is 348. The summed E-state index contributed by atoms with van der Waals surface area (Å²) in [6.07, 6.45) is 3.98. The van der Waals surface area contributed by atoms with Gasteiger partial charge in [-0.2, -0.15) is 0 Å². The fourth-order valence-electron chi connectivity index (χ4n) is 2.33.